The molecule has 134 valence electrons. The van der Waals surface area contributed by atoms with Crippen molar-refractivity contribution in [2.75, 3.05) is 4.72 Å². The third kappa shape index (κ3) is 4.26. The van der Waals surface area contributed by atoms with Crippen LogP contribution in [0, 0.1) is 33.1 Å². The van der Waals surface area contributed by atoms with Crippen molar-refractivity contribution in [1.82, 2.24) is 0 Å². The standard InChI is InChI=1S/C17H21N3O3S2/c1-9-5-11(3)16(12(4)6-9)25(22,23)20-13-8-15(24-17(18)19)14(21)7-10(13)2/h5-8,20-21H,1-4H3,(H3,18,19). The molecule has 0 saturated heterocycles. The van der Waals surface area contributed by atoms with Crippen molar-refractivity contribution in [1.29, 1.82) is 5.41 Å². The highest BCUT2D eigenvalue weighted by Gasteiger charge is 2.21. The van der Waals surface area contributed by atoms with Crippen molar-refractivity contribution in [2.24, 2.45) is 5.73 Å². The average molecular weight is 380 g/mol. The summed E-state index contributed by atoms with van der Waals surface area (Å²) in [4.78, 5) is 0.555. The molecule has 2 aromatic rings. The second kappa shape index (κ2) is 6.97. The van der Waals surface area contributed by atoms with Gasteiger partial charge in [0.25, 0.3) is 10.0 Å². The highest BCUT2D eigenvalue weighted by atomic mass is 32.2. The number of sulfonamides is 1. The number of thioether (sulfide) groups is 1. The molecule has 0 fully saturated rings. The van der Waals surface area contributed by atoms with E-state index in [1.54, 1.807) is 20.8 Å². The monoisotopic (exact) mass is 379 g/mol. The van der Waals surface area contributed by atoms with Gasteiger partial charge in [-0.05, 0) is 68.3 Å². The molecule has 6 nitrogen and oxygen atoms in total. The van der Waals surface area contributed by atoms with Gasteiger partial charge in [0.05, 0.1) is 15.5 Å². The highest BCUT2D eigenvalue weighted by molar-refractivity contribution is 8.13. The van der Waals surface area contributed by atoms with Crippen LogP contribution in [0.15, 0.2) is 34.1 Å². The molecule has 0 spiro atoms. The normalized spacial score (nSPS) is 11.4. The summed E-state index contributed by atoms with van der Waals surface area (Å²) in [5.74, 6) is -0.0525. The quantitative estimate of drug-likeness (QED) is 0.281. The third-order valence-corrected chi connectivity index (χ3v) is 6.08. The molecule has 2 rings (SSSR count). The Morgan fingerprint density at radius 1 is 1.08 bits per heavy atom. The van der Waals surface area contributed by atoms with Crippen molar-refractivity contribution >= 4 is 32.6 Å². The first kappa shape index (κ1) is 19.1. The van der Waals surface area contributed by atoms with Crippen LogP contribution in [0.3, 0.4) is 0 Å². The number of hydrogen-bond donors (Lipinski definition) is 4. The maximum atomic E-state index is 12.9. The minimum absolute atomic E-state index is 0.0525. The highest BCUT2D eigenvalue weighted by Crippen LogP contribution is 2.34. The van der Waals surface area contributed by atoms with Crippen LogP contribution in [-0.4, -0.2) is 18.7 Å². The Morgan fingerprint density at radius 2 is 1.64 bits per heavy atom. The molecular weight excluding hydrogens is 358 g/mol. The van der Waals surface area contributed by atoms with Gasteiger partial charge < -0.3 is 10.8 Å². The third-order valence-electron chi connectivity index (χ3n) is 3.64. The van der Waals surface area contributed by atoms with Crippen molar-refractivity contribution in [2.45, 2.75) is 37.5 Å². The van der Waals surface area contributed by atoms with Gasteiger partial charge in [-0.3, -0.25) is 10.1 Å². The summed E-state index contributed by atoms with van der Waals surface area (Å²) >= 11 is 0.854. The summed E-state index contributed by atoms with van der Waals surface area (Å²) in [5, 5.41) is 17.1. The Morgan fingerprint density at radius 3 is 2.16 bits per heavy atom. The number of amidine groups is 1. The van der Waals surface area contributed by atoms with Gasteiger partial charge in [-0.1, -0.05) is 17.7 Å². The fraction of sp³-hybridized carbons (Fsp3) is 0.235. The number of aryl methyl sites for hydroxylation is 4. The molecule has 0 bridgehead atoms. The van der Waals surface area contributed by atoms with Gasteiger partial charge in [0.1, 0.15) is 5.75 Å². The first-order chi connectivity index (χ1) is 11.5. The molecule has 0 aliphatic heterocycles. The number of nitrogens with one attached hydrogen (secondary N) is 2. The first-order valence-electron chi connectivity index (χ1n) is 7.47. The lowest BCUT2D eigenvalue weighted by molar-refractivity contribution is 0.462. The van der Waals surface area contributed by atoms with E-state index in [1.807, 2.05) is 19.1 Å². The topological polar surface area (TPSA) is 116 Å². The van der Waals surface area contributed by atoms with E-state index >= 15 is 0 Å². The molecule has 0 radical (unpaired) electrons. The average Bonchev–Trinajstić information content (AvgIpc) is 2.41. The molecule has 5 N–H and O–H groups in total. The van der Waals surface area contributed by atoms with E-state index in [0.29, 0.717) is 27.3 Å². The number of benzene rings is 2. The van der Waals surface area contributed by atoms with Gasteiger partial charge in [0.2, 0.25) is 0 Å². The molecule has 0 heterocycles. The summed E-state index contributed by atoms with van der Waals surface area (Å²) < 4.78 is 28.3. The lowest BCUT2D eigenvalue weighted by Crippen LogP contribution is -2.16. The molecule has 0 aromatic heterocycles. The van der Waals surface area contributed by atoms with Crippen molar-refractivity contribution < 1.29 is 13.5 Å². The van der Waals surface area contributed by atoms with E-state index in [2.05, 4.69) is 4.72 Å². The summed E-state index contributed by atoms with van der Waals surface area (Å²) in [6.45, 7) is 7.12. The number of rotatable bonds is 4. The maximum Gasteiger partial charge on any atom is 0.262 e. The Labute approximate surface area is 152 Å². The number of hydrogen-bond acceptors (Lipinski definition) is 5. The number of phenolic OH excluding ortho intramolecular Hbond substituents is 1. The largest absolute Gasteiger partial charge is 0.507 e. The van der Waals surface area contributed by atoms with E-state index in [9.17, 15) is 13.5 Å². The van der Waals surface area contributed by atoms with Crippen LogP contribution in [0.25, 0.3) is 0 Å². The van der Waals surface area contributed by atoms with E-state index in [4.69, 9.17) is 11.1 Å². The zero-order valence-electron chi connectivity index (χ0n) is 14.5. The summed E-state index contributed by atoms with van der Waals surface area (Å²) in [6.07, 6.45) is 0. The first-order valence-corrected chi connectivity index (χ1v) is 9.77. The zero-order valence-corrected chi connectivity index (χ0v) is 16.1. The SMILES string of the molecule is Cc1cc(C)c(S(=O)(=O)Nc2cc(SC(=N)N)c(O)cc2C)c(C)c1. The van der Waals surface area contributed by atoms with Crippen LogP contribution in [0.4, 0.5) is 5.69 Å². The molecular formula is C17H21N3O3S2. The molecule has 2 aromatic carbocycles. The van der Waals surface area contributed by atoms with Crippen molar-refractivity contribution in [3.63, 3.8) is 0 Å². The van der Waals surface area contributed by atoms with Crippen LogP contribution >= 0.6 is 11.8 Å². The second-order valence-electron chi connectivity index (χ2n) is 5.93. The van der Waals surface area contributed by atoms with Gasteiger partial charge in [-0.2, -0.15) is 0 Å². The summed E-state index contributed by atoms with van der Waals surface area (Å²) in [6, 6.07) is 6.57. The Kier molecular flexibility index (Phi) is 5.34. The van der Waals surface area contributed by atoms with Crippen LogP contribution in [0.1, 0.15) is 22.3 Å². The number of anilines is 1. The van der Waals surface area contributed by atoms with Gasteiger partial charge in [0.15, 0.2) is 5.17 Å². The minimum Gasteiger partial charge on any atom is -0.507 e. The van der Waals surface area contributed by atoms with Crippen molar-refractivity contribution in [3.05, 3.63) is 46.5 Å². The van der Waals surface area contributed by atoms with Crippen LogP contribution in [0.5, 0.6) is 5.75 Å². The molecule has 25 heavy (non-hydrogen) atoms. The van der Waals surface area contributed by atoms with E-state index in [-0.39, 0.29) is 15.8 Å². The molecule has 0 unspecified atom stereocenters. The lowest BCUT2D eigenvalue weighted by atomic mass is 10.1. The van der Waals surface area contributed by atoms with E-state index in [1.165, 1.54) is 12.1 Å². The lowest BCUT2D eigenvalue weighted by Gasteiger charge is -2.16. The van der Waals surface area contributed by atoms with Gasteiger partial charge >= 0.3 is 0 Å². The molecule has 8 heteroatoms. The Balaban J connectivity index is 2.50. The second-order valence-corrected chi connectivity index (χ2v) is 8.64. The Hall–Kier alpha value is -2.19. The number of phenols is 1. The van der Waals surface area contributed by atoms with Crippen molar-refractivity contribution in [3.8, 4) is 5.75 Å². The number of nitrogens with two attached hydrogens (primary N) is 1. The van der Waals surface area contributed by atoms with Gasteiger partial charge in [-0.15, -0.1) is 0 Å². The summed E-state index contributed by atoms with van der Waals surface area (Å²) in [5.41, 5.74) is 8.58. The van der Waals surface area contributed by atoms with E-state index in [0.717, 1.165) is 17.3 Å². The van der Waals surface area contributed by atoms with Crippen LogP contribution in [-0.2, 0) is 10.0 Å². The molecule has 0 aliphatic carbocycles. The van der Waals surface area contributed by atoms with E-state index < -0.39 is 10.0 Å². The zero-order chi connectivity index (χ0) is 18.9. The van der Waals surface area contributed by atoms with Crippen LogP contribution < -0.4 is 10.5 Å². The fourth-order valence-corrected chi connectivity index (χ4v) is 4.92. The maximum absolute atomic E-state index is 12.9. The number of aromatic hydroxyl groups is 1. The summed E-state index contributed by atoms with van der Waals surface area (Å²) in [7, 11) is -3.80. The smallest absolute Gasteiger partial charge is 0.262 e. The molecule has 0 amide bonds. The molecule has 0 saturated carbocycles. The van der Waals surface area contributed by atoms with Crippen LogP contribution in [0.2, 0.25) is 0 Å². The Bertz CT molecular complexity index is 931. The predicted molar refractivity (Wildman–Crippen MR) is 102 cm³/mol. The molecule has 0 aliphatic rings. The van der Waals surface area contributed by atoms with Gasteiger partial charge in [0, 0.05) is 0 Å². The predicted octanol–water partition coefficient (Wildman–Crippen LogP) is 3.41. The fourth-order valence-electron chi connectivity index (χ4n) is 2.77. The van der Waals surface area contributed by atoms with Gasteiger partial charge in [-0.25, -0.2) is 8.42 Å². The minimum atomic E-state index is -3.80. The molecule has 0 atom stereocenters.